The smallest absolute Gasteiger partial charge is 0.393 e. The maximum absolute atomic E-state index is 12.7. The lowest BCUT2D eigenvalue weighted by atomic mass is 9.87. The molecule has 0 atom stereocenters. The highest BCUT2D eigenvalue weighted by Gasteiger charge is 2.35. The minimum absolute atomic E-state index is 0.0800. The SMILES string of the molecule is NNc1cc(NCC2CCC(O)CC2)nc(C(F)(F)F)n1. The molecule has 118 valence electrons. The molecule has 0 amide bonds. The van der Waals surface area contributed by atoms with Crippen LogP contribution in [0.4, 0.5) is 24.8 Å². The molecule has 1 aromatic rings. The van der Waals surface area contributed by atoms with Crippen molar-refractivity contribution >= 4 is 11.6 Å². The maximum Gasteiger partial charge on any atom is 0.451 e. The zero-order chi connectivity index (χ0) is 15.5. The number of nitrogens with one attached hydrogen (secondary N) is 2. The van der Waals surface area contributed by atoms with Crippen LogP contribution in [0.5, 0.6) is 0 Å². The van der Waals surface area contributed by atoms with Crippen LogP contribution in [0, 0.1) is 5.92 Å². The van der Waals surface area contributed by atoms with Crippen LogP contribution in [-0.2, 0) is 6.18 Å². The molecule has 2 rings (SSSR count). The van der Waals surface area contributed by atoms with E-state index < -0.39 is 12.0 Å². The Morgan fingerprint density at radius 3 is 2.38 bits per heavy atom. The van der Waals surface area contributed by atoms with Crippen molar-refractivity contribution in [2.45, 2.75) is 38.0 Å². The van der Waals surface area contributed by atoms with E-state index in [9.17, 15) is 18.3 Å². The van der Waals surface area contributed by atoms with Crippen LogP contribution >= 0.6 is 0 Å². The molecule has 1 aliphatic carbocycles. The summed E-state index contributed by atoms with van der Waals surface area (Å²) in [7, 11) is 0. The number of alkyl halides is 3. The van der Waals surface area contributed by atoms with Gasteiger partial charge in [-0.2, -0.15) is 13.2 Å². The molecule has 0 radical (unpaired) electrons. The normalized spacial score (nSPS) is 22.9. The predicted octanol–water partition coefficient (Wildman–Crippen LogP) is 1.74. The van der Waals surface area contributed by atoms with Gasteiger partial charge in [-0.1, -0.05) is 0 Å². The molecule has 0 unspecified atom stereocenters. The fraction of sp³-hybridized carbons (Fsp3) is 0.667. The van der Waals surface area contributed by atoms with Gasteiger partial charge in [0.05, 0.1) is 6.10 Å². The lowest BCUT2D eigenvalue weighted by Gasteiger charge is -2.25. The molecule has 6 nitrogen and oxygen atoms in total. The zero-order valence-electron chi connectivity index (χ0n) is 11.3. The molecule has 1 aromatic heterocycles. The number of aromatic nitrogens is 2. The molecule has 1 aliphatic rings. The second-order valence-electron chi connectivity index (χ2n) is 5.16. The third-order valence-electron chi connectivity index (χ3n) is 3.52. The lowest BCUT2D eigenvalue weighted by molar-refractivity contribution is -0.144. The molecule has 0 aromatic carbocycles. The Hall–Kier alpha value is -1.61. The van der Waals surface area contributed by atoms with E-state index >= 15 is 0 Å². The first-order valence-corrected chi connectivity index (χ1v) is 6.73. The van der Waals surface area contributed by atoms with Crippen molar-refractivity contribution in [1.29, 1.82) is 0 Å². The van der Waals surface area contributed by atoms with E-state index in [0.717, 1.165) is 25.7 Å². The van der Waals surface area contributed by atoms with E-state index in [1.54, 1.807) is 0 Å². The molecule has 1 saturated carbocycles. The van der Waals surface area contributed by atoms with Crippen LogP contribution in [0.3, 0.4) is 0 Å². The number of hydrogen-bond donors (Lipinski definition) is 4. The molecule has 1 heterocycles. The van der Waals surface area contributed by atoms with E-state index in [-0.39, 0.29) is 17.7 Å². The fourth-order valence-electron chi connectivity index (χ4n) is 2.34. The lowest BCUT2D eigenvalue weighted by Crippen LogP contribution is -2.24. The first-order valence-electron chi connectivity index (χ1n) is 6.73. The van der Waals surface area contributed by atoms with Gasteiger partial charge in [-0.3, -0.25) is 0 Å². The first-order chi connectivity index (χ1) is 9.88. The number of hydrazine groups is 1. The van der Waals surface area contributed by atoms with Crippen molar-refractivity contribution in [2.24, 2.45) is 11.8 Å². The summed E-state index contributed by atoms with van der Waals surface area (Å²) < 4.78 is 38.0. The molecule has 0 aliphatic heterocycles. The second-order valence-corrected chi connectivity index (χ2v) is 5.16. The van der Waals surface area contributed by atoms with Gasteiger partial charge in [0, 0.05) is 12.6 Å². The van der Waals surface area contributed by atoms with E-state index in [1.807, 2.05) is 0 Å². The van der Waals surface area contributed by atoms with Crippen LogP contribution in [0.15, 0.2) is 6.07 Å². The molecule has 5 N–H and O–H groups in total. The fourth-order valence-corrected chi connectivity index (χ4v) is 2.34. The molecular formula is C12H18F3N5O. The average molecular weight is 305 g/mol. The molecular weight excluding hydrogens is 287 g/mol. The highest BCUT2D eigenvalue weighted by molar-refractivity contribution is 5.47. The topological polar surface area (TPSA) is 96.1 Å². The van der Waals surface area contributed by atoms with E-state index in [4.69, 9.17) is 5.84 Å². The number of aliphatic hydroxyl groups excluding tert-OH is 1. The number of rotatable bonds is 4. The Bertz CT molecular complexity index is 474. The Morgan fingerprint density at radius 2 is 1.81 bits per heavy atom. The van der Waals surface area contributed by atoms with Gasteiger partial charge in [0.1, 0.15) is 11.6 Å². The third-order valence-corrected chi connectivity index (χ3v) is 3.52. The number of nitrogens with zero attached hydrogens (tertiary/aromatic N) is 2. The standard InChI is InChI=1S/C12H18F3N5O/c13-12(14,15)11-18-9(5-10(19-11)20-16)17-6-7-1-3-8(21)4-2-7/h5,7-8,21H,1-4,6,16H2,(H2,17,18,19,20). The van der Waals surface area contributed by atoms with Gasteiger partial charge in [-0.15, -0.1) is 0 Å². The van der Waals surface area contributed by atoms with E-state index in [1.165, 1.54) is 6.07 Å². The van der Waals surface area contributed by atoms with Gasteiger partial charge < -0.3 is 15.8 Å². The van der Waals surface area contributed by atoms with E-state index in [2.05, 4.69) is 20.7 Å². The Morgan fingerprint density at radius 1 is 1.19 bits per heavy atom. The monoisotopic (exact) mass is 305 g/mol. The molecule has 9 heteroatoms. The largest absolute Gasteiger partial charge is 0.451 e. The van der Waals surface area contributed by atoms with Crippen LogP contribution in [0.2, 0.25) is 0 Å². The first kappa shape index (κ1) is 15.8. The van der Waals surface area contributed by atoms with Gasteiger partial charge >= 0.3 is 6.18 Å². The van der Waals surface area contributed by atoms with Gasteiger partial charge in [-0.25, -0.2) is 15.8 Å². The van der Waals surface area contributed by atoms with Crippen LogP contribution in [0.25, 0.3) is 0 Å². The summed E-state index contributed by atoms with van der Waals surface area (Å²) in [5.41, 5.74) is 2.10. The van der Waals surface area contributed by atoms with Gasteiger partial charge in [0.2, 0.25) is 5.82 Å². The van der Waals surface area contributed by atoms with E-state index in [0.29, 0.717) is 12.5 Å². The second kappa shape index (κ2) is 6.44. The summed E-state index contributed by atoms with van der Waals surface area (Å²) in [6, 6.07) is 1.33. The highest BCUT2D eigenvalue weighted by Crippen LogP contribution is 2.29. The Labute approximate surface area is 119 Å². The van der Waals surface area contributed by atoms with Gasteiger partial charge in [-0.05, 0) is 31.6 Å². The summed E-state index contributed by atoms with van der Waals surface area (Å²) in [6.45, 7) is 0.505. The molecule has 0 bridgehead atoms. The quantitative estimate of drug-likeness (QED) is 0.500. The summed E-state index contributed by atoms with van der Waals surface area (Å²) in [4.78, 5) is 6.74. The Balaban J connectivity index is 2.02. The number of halogens is 3. The third kappa shape index (κ3) is 4.43. The molecule has 0 saturated heterocycles. The minimum Gasteiger partial charge on any atom is -0.393 e. The van der Waals surface area contributed by atoms with Crippen molar-refractivity contribution in [2.75, 3.05) is 17.3 Å². The predicted molar refractivity (Wildman–Crippen MR) is 71.3 cm³/mol. The number of hydrogen-bond acceptors (Lipinski definition) is 6. The molecule has 0 spiro atoms. The maximum atomic E-state index is 12.7. The highest BCUT2D eigenvalue weighted by atomic mass is 19.4. The zero-order valence-corrected chi connectivity index (χ0v) is 11.3. The van der Waals surface area contributed by atoms with Crippen LogP contribution in [0.1, 0.15) is 31.5 Å². The van der Waals surface area contributed by atoms with Crippen LogP contribution < -0.4 is 16.6 Å². The van der Waals surface area contributed by atoms with Crippen molar-refractivity contribution in [1.82, 2.24) is 9.97 Å². The summed E-state index contributed by atoms with van der Waals surface area (Å²) in [5, 5.41) is 12.3. The summed E-state index contributed by atoms with van der Waals surface area (Å²) in [5.74, 6) is 4.18. The Kier molecular flexibility index (Phi) is 4.84. The van der Waals surface area contributed by atoms with Gasteiger partial charge in [0.15, 0.2) is 0 Å². The van der Waals surface area contributed by atoms with Gasteiger partial charge in [0.25, 0.3) is 0 Å². The summed E-state index contributed by atoms with van der Waals surface area (Å²) in [6.07, 6.45) is -1.76. The average Bonchev–Trinajstić information content (AvgIpc) is 2.45. The van der Waals surface area contributed by atoms with Crippen molar-refractivity contribution in [3.63, 3.8) is 0 Å². The number of anilines is 2. The van der Waals surface area contributed by atoms with Crippen molar-refractivity contribution < 1.29 is 18.3 Å². The molecule has 21 heavy (non-hydrogen) atoms. The number of aliphatic hydroxyl groups is 1. The molecule has 1 fully saturated rings. The van der Waals surface area contributed by atoms with Crippen molar-refractivity contribution in [3.8, 4) is 0 Å². The minimum atomic E-state index is -4.63. The summed E-state index contributed by atoms with van der Waals surface area (Å²) >= 11 is 0. The number of nitrogens with two attached hydrogens (primary N) is 1. The van der Waals surface area contributed by atoms with Crippen LogP contribution in [-0.4, -0.2) is 27.7 Å². The van der Waals surface area contributed by atoms with Crippen molar-refractivity contribution in [3.05, 3.63) is 11.9 Å². The number of nitrogen functional groups attached to an aromatic ring is 1.